The Hall–Kier alpha value is -1.93. The summed E-state index contributed by atoms with van der Waals surface area (Å²) in [5.41, 5.74) is 1.85. The molecule has 4 rings (SSSR count). The zero-order chi connectivity index (χ0) is 24.1. The Morgan fingerprint density at radius 1 is 1.12 bits per heavy atom. The van der Waals surface area contributed by atoms with E-state index in [0.717, 1.165) is 56.6 Å². The lowest BCUT2D eigenvalue weighted by Gasteiger charge is -2.32. The standard InChI is InChI=1S/C26H36ClFN4O2/c1-17(15-33-2)31-18-4-6-19(7-5-18)32-25-13-21(23(27)14-29-25)22-12-20(8-9-24(22)28)30-16-26(34-3)10-11-26/h8-9,12-14,17-19,30-31H,4-7,10-11,15-16H2,1-3H3,(H,29,32). The van der Waals surface area contributed by atoms with Crippen molar-refractivity contribution in [2.75, 3.05) is 38.0 Å². The lowest BCUT2D eigenvalue weighted by atomic mass is 9.90. The monoisotopic (exact) mass is 490 g/mol. The van der Waals surface area contributed by atoms with Crippen LogP contribution in [0.2, 0.25) is 5.02 Å². The van der Waals surface area contributed by atoms with E-state index in [9.17, 15) is 4.39 Å². The van der Waals surface area contributed by atoms with Crippen LogP contribution >= 0.6 is 11.6 Å². The van der Waals surface area contributed by atoms with Crippen molar-refractivity contribution in [2.24, 2.45) is 0 Å². The third-order valence-electron chi connectivity index (χ3n) is 6.98. The highest BCUT2D eigenvalue weighted by molar-refractivity contribution is 6.33. The molecule has 1 atom stereocenters. The summed E-state index contributed by atoms with van der Waals surface area (Å²) in [6.45, 7) is 3.57. The van der Waals surface area contributed by atoms with Crippen molar-refractivity contribution in [1.29, 1.82) is 0 Å². The van der Waals surface area contributed by atoms with Crippen LogP contribution in [0.4, 0.5) is 15.9 Å². The van der Waals surface area contributed by atoms with E-state index in [-0.39, 0.29) is 11.4 Å². The first-order chi connectivity index (χ1) is 16.4. The quantitative estimate of drug-likeness (QED) is 0.387. The van der Waals surface area contributed by atoms with Crippen LogP contribution in [0.3, 0.4) is 0 Å². The molecule has 2 aliphatic carbocycles. The van der Waals surface area contributed by atoms with Gasteiger partial charge in [0.05, 0.1) is 17.2 Å². The number of aromatic nitrogens is 1. The predicted molar refractivity (Wildman–Crippen MR) is 136 cm³/mol. The van der Waals surface area contributed by atoms with E-state index in [1.165, 1.54) is 6.07 Å². The third kappa shape index (κ3) is 6.39. The highest BCUT2D eigenvalue weighted by Gasteiger charge is 2.42. The first-order valence-corrected chi connectivity index (χ1v) is 12.5. The molecule has 186 valence electrons. The van der Waals surface area contributed by atoms with Gasteiger partial charge in [-0.3, -0.25) is 0 Å². The fraction of sp³-hybridized carbons (Fsp3) is 0.577. The van der Waals surface area contributed by atoms with Crippen molar-refractivity contribution in [1.82, 2.24) is 10.3 Å². The van der Waals surface area contributed by atoms with Crippen LogP contribution in [-0.4, -0.2) is 56.1 Å². The van der Waals surface area contributed by atoms with Gasteiger partial charge in [-0.15, -0.1) is 0 Å². The Labute approximate surface area is 207 Å². The molecule has 0 saturated heterocycles. The molecule has 0 bridgehead atoms. The second-order valence-corrected chi connectivity index (χ2v) is 10.1. The highest BCUT2D eigenvalue weighted by Crippen LogP contribution is 2.39. The van der Waals surface area contributed by atoms with Crippen LogP contribution < -0.4 is 16.0 Å². The molecular weight excluding hydrogens is 455 g/mol. The minimum absolute atomic E-state index is 0.0870. The summed E-state index contributed by atoms with van der Waals surface area (Å²) >= 11 is 6.46. The molecule has 2 saturated carbocycles. The molecule has 1 heterocycles. The molecule has 1 unspecified atom stereocenters. The maximum absolute atomic E-state index is 14.8. The van der Waals surface area contributed by atoms with Crippen LogP contribution in [0.5, 0.6) is 0 Å². The Morgan fingerprint density at radius 3 is 2.53 bits per heavy atom. The Balaban J connectivity index is 1.40. The smallest absolute Gasteiger partial charge is 0.131 e. The maximum Gasteiger partial charge on any atom is 0.131 e. The number of halogens is 2. The molecule has 2 aliphatic rings. The van der Waals surface area contributed by atoms with Gasteiger partial charge in [0.25, 0.3) is 0 Å². The first-order valence-electron chi connectivity index (χ1n) is 12.2. The van der Waals surface area contributed by atoms with Gasteiger partial charge >= 0.3 is 0 Å². The molecule has 8 heteroatoms. The van der Waals surface area contributed by atoms with E-state index >= 15 is 0 Å². The summed E-state index contributed by atoms with van der Waals surface area (Å²) in [5.74, 6) is 0.409. The summed E-state index contributed by atoms with van der Waals surface area (Å²) in [7, 11) is 3.47. The zero-order valence-corrected chi connectivity index (χ0v) is 21.1. The maximum atomic E-state index is 14.8. The van der Waals surface area contributed by atoms with E-state index in [1.54, 1.807) is 26.5 Å². The SMILES string of the molecule is COCC(C)NC1CCC(Nc2cc(-c3cc(NCC4(OC)CC4)ccc3F)c(Cl)cn2)CC1. The van der Waals surface area contributed by atoms with Crippen LogP contribution in [-0.2, 0) is 9.47 Å². The molecule has 1 aromatic carbocycles. The number of ether oxygens (including phenoxy) is 2. The van der Waals surface area contributed by atoms with Crippen LogP contribution in [0.15, 0.2) is 30.5 Å². The molecule has 2 aromatic rings. The lowest BCUT2D eigenvalue weighted by molar-refractivity contribution is 0.0914. The molecule has 3 N–H and O–H groups in total. The summed E-state index contributed by atoms with van der Waals surface area (Å²) in [4.78, 5) is 4.46. The van der Waals surface area contributed by atoms with Crippen LogP contribution in [0.1, 0.15) is 45.4 Å². The molecule has 0 spiro atoms. The van der Waals surface area contributed by atoms with Gasteiger partial charge in [0.15, 0.2) is 0 Å². The summed E-state index contributed by atoms with van der Waals surface area (Å²) < 4.78 is 25.6. The predicted octanol–water partition coefficient (Wildman–Crippen LogP) is 5.48. The number of hydrogen-bond acceptors (Lipinski definition) is 6. The molecule has 0 radical (unpaired) electrons. The Morgan fingerprint density at radius 2 is 1.85 bits per heavy atom. The number of pyridine rings is 1. The second-order valence-electron chi connectivity index (χ2n) is 9.70. The van der Waals surface area contributed by atoms with Crippen molar-refractivity contribution in [3.8, 4) is 11.1 Å². The minimum atomic E-state index is -0.311. The summed E-state index contributed by atoms with van der Waals surface area (Å²) in [6, 6.07) is 8.08. The lowest BCUT2D eigenvalue weighted by Crippen LogP contribution is -2.42. The molecular formula is C26H36ClFN4O2. The van der Waals surface area contributed by atoms with E-state index in [1.807, 2.05) is 12.1 Å². The molecule has 0 aliphatic heterocycles. The number of anilines is 2. The first kappa shape index (κ1) is 25.2. The van der Waals surface area contributed by atoms with Crippen molar-refractivity contribution in [3.05, 3.63) is 41.3 Å². The fourth-order valence-corrected chi connectivity index (χ4v) is 4.94. The van der Waals surface area contributed by atoms with E-state index in [2.05, 4.69) is 27.9 Å². The van der Waals surface area contributed by atoms with Gasteiger partial charge in [0.2, 0.25) is 0 Å². The normalized spacial score (nSPS) is 22.3. The number of benzene rings is 1. The fourth-order valence-electron chi connectivity index (χ4n) is 4.74. The van der Waals surface area contributed by atoms with Crippen molar-refractivity contribution in [3.63, 3.8) is 0 Å². The van der Waals surface area contributed by atoms with E-state index < -0.39 is 0 Å². The molecule has 34 heavy (non-hydrogen) atoms. The van der Waals surface area contributed by atoms with Crippen molar-refractivity contribution < 1.29 is 13.9 Å². The second kappa shape index (κ2) is 11.2. The number of nitrogens with zero attached hydrogens (tertiary/aromatic N) is 1. The third-order valence-corrected chi connectivity index (χ3v) is 7.28. The van der Waals surface area contributed by atoms with Crippen LogP contribution in [0.25, 0.3) is 11.1 Å². The van der Waals surface area contributed by atoms with Crippen molar-refractivity contribution in [2.45, 2.75) is 69.2 Å². The number of rotatable bonds is 11. The van der Waals surface area contributed by atoms with E-state index in [0.29, 0.717) is 40.8 Å². The van der Waals surface area contributed by atoms with Gasteiger partial charge in [-0.25, -0.2) is 9.37 Å². The average molecular weight is 491 g/mol. The summed E-state index contributed by atoms with van der Waals surface area (Å²) in [6.07, 6.45) is 7.97. The van der Waals surface area contributed by atoms with Crippen LogP contribution in [0, 0.1) is 5.82 Å². The Bertz CT molecular complexity index is 964. The van der Waals surface area contributed by atoms with Crippen molar-refractivity contribution >= 4 is 23.1 Å². The van der Waals surface area contributed by atoms with Gasteiger partial charge in [-0.05, 0) is 69.7 Å². The molecule has 2 fully saturated rings. The molecule has 1 aromatic heterocycles. The minimum Gasteiger partial charge on any atom is -0.383 e. The highest BCUT2D eigenvalue weighted by atomic mass is 35.5. The zero-order valence-electron chi connectivity index (χ0n) is 20.3. The largest absolute Gasteiger partial charge is 0.383 e. The topological polar surface area (TPSA) is 67.4 Å². The van der Waals surface area contributed by atoms with Gasteiger partial charge in [0, 0.05) is 61.9 Å². The van der Waals surface area contributed by atoms with E-state index in [4.69, 9.17) is 21.1 Å². The number of methoxy groups -OCH3 is 2. The average Bonchev–Trinajstić information content (AvgIpc) is 3.62. The van der Waals surface area contributed by atoms with Gasteiger partial charge in [-0.1, -0.05) is 11.6 Å². The molecule has 0 amide bonds. The number of hydrogen-bond donors (Lipinski definition) is 3. The van der Waals surface area contributed by atoms with Gasteiger partial charge in [-0.2, -0.15) is 0 Å². The van der Waals surface area contributed by atoms with Gasteiger partial charge in [0.1, 0.15) is 11.6 Å². The van der Waals surface area contributed by atoms with Gasteiger partial charge < -0.3 is 25.4 Å². The Kier molecular flexibility index (Phi) is 8.30. The summed E-state index contributed by atoms with van der Waals surface area (Å²) in [5, 5.41) is 11.0. The number of nitrogens with one attached hydrogen (secondary N) is 3. The molecule has 6 nitrogen and oxygen atoms in total.